The normalized spacial score (nSPS) is 16.3. The van der Waals surface area contributed by atoms with Gasteiger partial charge < -0.3 is 24.8 Å². The van der Waals surface area contributed by atoms with Crippen molar-refractivity contribution in [1.29, 1.82) is 0 Å². The van der Waals surface area contributed by atoms with Gasteiger partial charge in [-0.1, -0.05) is 12.1 Å². The Balaban J connectivity index is 1.46. The van der Waals surface area contributed by atoms with E-state index in [0.717, 1.165) is 48.6 Å². The summed E-state index contributed by atoms with van der Waals surface area (Å²) < 4.78 is 43.4. The summed E-state index contributed by atoms with van der Waals surface area (Å²) >= 11 is 0. The third-order valence-corrected chi connectivity index (χ3v) is 4.94. The van der Waals surface area contributed by atoms with Crippen LogP contribution in [-0.2, 0) is 11.3 Å². The van der Waals surface area contributed by atoms with E-state index in [1.54, 1.807) is 7.05 Å². The standard InChI is InChI=1S/C23H29F2N3O3/c1-16-3-4-18(22(11-16)31-15-17-7-9-29-14-17)13-28-23(26-2)27-8-10-30-21-6-5-19(24)12-20(21)25/h3-6,11-12,17H,7-10,13-15H2,1-2H3,(H2,26,27,28). The van der Waals surface area contributed by atoms with Gasteiger partial charge in [0.05, 0.1) is 19.8 Å². The summed E-state index contributed by atoms with van der Waals surface area (Å²) in [5.41, 5.74) is 2.16. The minimum atomic E-state index is -0.724. The maximum Gasteiger partial charge on any atom is 0.191 e. The van der Waals surface area contributed by atoms with Crippen molar-refractivity contribution in [2.24, 2.45) is 10.9 Å². The highest BCUT2D eigenvalue weighted by Gasteiger charge is 2.17. The Kier molecular flexibility index (Phi) is 8.46. The second-order valence-corrected chi connectivity index (χ2v) is 7.43. The number of guanidine groups is 1. The predicted octanol–water partition coefficient (Wildman–Crippen LogP) is 3.43. The fraction of sp³-hybridized carbons (Fsp3) is 0.435. The zero-order chi connectivity index (χ0) is 22.1. The van der Waals surface area contributed by atoms with Gasteiger partial charge in [0, 0.05) is 37.7 Å². The largest absolute Gasteiger partial charge is 0.493 e. The van der Waals surface area contributed by atoms with Crippen LogP contribution in [0.25, 0.3) is 0 Å². The van der Waals surface area contributed by atoms with Crippen molar-refractivity contribution in [1.82, 2.24) is 10.6 Å². The molecule has 2 aromatic carbocycles. The molecule has 0 radical (unpaired) electrons. The highest BCUT2D eigenvalue weighted by Crippen LogP contribution is 2.22. The highest BCUT2D eigenvalue weighted by atomic mass is 19.1. The van der Waals surface area contributed by atoms with Crippen LogP contribution in [0.1, 0.15) is 17.5 Å². The minimum Gasteiger partial charge on any atom is -0.493 e. The van der Waals surface area contributed by atoms with E-state index in [2.05, 4.69) is 15.6 Å². The number of hydrogen-bond acceptors (Lipinski definition) is 4. The lowest BCUT2D eigenvalue weighted by atomic mass is 10.1. The number of hydrogen-bond donors (Lipinski definition) is 2. The Labute approximate surface area is 181 Å². The monoisotopic (exact) mass is 433 g/mol. The molecule has 1 unspecified atom stereocenters. The van der Waals surface area contributed by atoms with Gasteiger partial charge in [0.1, 0.15) is 18.2 Å². The molecule has 0 aromatic heterocycles. The van der Waals surface area contributed by atoms with E-state index in [1.807, 2.05) is 25.1 Å². The summed E-state index contributed by atoms with van der Waals surface area (Å²) in [6, 6.07) is 9.35. The summed E-state index contributed by atoms with van der Waals surface area (Å²) in [6.07, 6.45) is 1.03. The zero-order valence-electron chi connectivity index (χ0n) is 17.9. The van der Waals surface area contributed by atoms with E-state index >= 15 is 0 Å². The van der Waals surface area contributed by atoms with Crippen molar-refractivity contribution < 1.29 is 23.0 Å². The smallest absolute Gasteiger partial charge is 0.191 e. The summed E-state index contributed by atoms with van der Waals surface area (Å²) in [5.74, 6) is 0.521. The number of benzene rings is 2. The van der Waals surface area contributed by atoms with Crippen LogP contribution in [0, 0.1) is 24.5 Å². The molecule has 2 N–H and O–H groups in total. The summed E-state index contributed by atoms with van der Waals surface area (Å²) in [4.78, 5) is 4.19. The molecule has 0 bridgehead atoms. The Hall–Kier alpha value is -2.87. The maximum absolute atomic E-state index is 13.6. The van der Waals surface area contributed by atoms with Gasteiger partial charge in [-0.2, -0.15) is 0 Å². The first kappa shape index (κ1) is 22.8. The van der Waals surface area contributed by atoms with Crippen LogP contribution in [0.15, 0.2) is 41.4 Å². The topological polar surface area (TPSA) is 64.1 Å². The van der Waals surface area contributed by atoms with Crippen LogP contribution < -0.4 is 20.1 Å². The second-order valence-electron chi connectivity index (χ2n) is 7.43. The van der Waals surface area contributed by atoms with E-state index in [0.29, 0.717) is 31.6 Å². The molecule has 1 aliphatic rings. The van der Waals surface area contributed by atoms with Crippen molar-refractivity contribution in [2.45, 2.75) is 19.9 Å². The van der Waals surface area contributed by atoms with Crippen LogP contribution in [0.2, 0.25) is 0 Å². The average Bonchev–Trinajstić information content (AvgIpc) is 3.27. The van der Waals surface area contributed by atoms with Gasteiger partial charge in [0.2, 0.25) is 0 Å². The van der Waals surface area contributed by atoms with Crippen molar-refractivity contribution in [3.63, 3.8) is 0 Å². The molecule has 0 aliphatic carbocycles. The maximum atomic E-state index is 13.6. The average molecular weight is 433 g/mol. The van der Waals surface area contributed by atoms with Crippen molar-refractivity contribution in [3.05, 3.63) is 59.2 Å². The van der Waals surface area contributed by atoms with E-state index < -0.39 is 11.6 Å². The van der Waals surface area contributed by atoms with Gasteiger partial charge in [0.15, 0.2) is 17.5 Å². The van der Waals surface area contributed by atoms with Crippen molar-refractivity contribution >= 4 is 5.96 Å². The summed E-state index contributed by atoms with van der Waals surface area (Å²) in [5, 5.41) is 6.35. The summed E-state index contributed by atoms with van der Waals surface area (Å²) in [6.45, 7) is 5.36. The third kappa shape index (κ3) is 7.10. The number of rotatable bonds is 9. The molecule has 3 rings (SSSR count). The minimum absolute atomic E-state index is 0.0141. The molecule has 6 nitrogen and oxygen atoms in total. The van der Waals surface area contributed by atoms with Gasteiger partial charge in [0.25, 0.3) is 0 Å². The van der Waals surface area contributed by atoms with Crippen molar-refractivity contribution in [3.8, 4) is 11.5 Å². The molecule has 1 atom stereocenters. The molecule has 168 valence electrons. The van der Waals surface area contributed by atoms with E-state index in [1.165, 1.54) is 6.07 Å². The van der Waals surface area contributed by atoms with Crippen LogP contribution in [0.5, 0.6) is 11.5 Å². The van der Waals surface area contributed by atoms with Gasteiger partial charge in [-0.25, -0.2) is 8.78 Å². The lowest BCUT2D eigenvalue weighted by Gasteiger charge is -2.17. The van der Waals surface area contributed by atoms with Crippen molar-refractivity contribution in [2.75, 3.05) is 40.0 Å². The first-order chi connectivity index (χ1) is 15.0. The van der Waals surface area contributed by atoms with E-state index in [-0.39, 0.29) is 12.4 Å². The van der Waals surface area contributed by atoms with E-state index in [4.69, 9.17) is 14.2 Å². The number of nitrogens with zero attached hydrogens (tertiary/aromatic N) is 1. The molecule has 1 saturated heterocycles. The number of aryl methyl sites for hydroxylation is 1. The number of aliphatic imine (C=N–C) groups is 1. The molecule has 2 aromatic rings. The van der Waals surface area contributed by atoms with Crippen LogP contribution in [0.3, 0.4) is 0 Å². The van der Waals surface area contributed by atoms with Crippen LogP contribution >= 0.6 is 0 Å². The Morgan fingerprint density at radius 1 is 1.13 bits per heavy atom. The molecule has 8 heteroatoms. The Bertz CT molecular complexity index is 886. The first-order valence-electron chi connectivity index (χ1n) is 10.4. The summed E-state index contributed by atoms with van der Waals surface area (Å²) in [7, 11) is 1.67. The Morgan fingerprint density at radius 2 is 2.00 bits per heavy atom. The molecule has 1 fully saturated rings. The molecule has 0 amide bonds. The number of nitrogens with one attached hydrogen (secondary N) is 2. The molecular weight excluding hydrogens is 404 g/mol. The third-order valence-electron chi connectivity index (χ3n) is 4.94. The second kappa shape index (κ2) is 11.5. The molecule has 1 aliphatic heterocycles. The Morgan fingerprint density at radius 3 is 2.74 bits per heavy atom. The molecule has 31 heavy (non-hydrogen) atoms. The lowest BCUT2D eigenvalue weighted by Crippen LogP contribution is -2.39. The van der Waals surface area contributed by atoms with Gasteiger partial charge in [-0.3, -0.25) is 4.99 Å². The molecule has 0 spiro atoms. The molecular formula is C23H29F2N3O3. The lowest BCUT2D eigenvalue weighted by molar-refractivity contribution is 0.166. The number of ether oxygens (including phenoxy) is 3. The number of halogens is 2. The fourth-order valence-electron chi connectivity index (χ4n) is 3.19. The SMILES string of the molecule is CN=C(NCCOc1ccc(F)cc1F)NCc1ccc(C)cc1OCC1CCOC1. The predicted molar refractivity (Wildman–Crippen MR) is 116 cm³/mol. The zero-order valence-corrected chi connectivity index (χ0v) is 17.9. The van der Waals surface area contributed by atoms with Crippen LogP contribution in [-0.4, -0.2) is 46.0 Å². The fourth-order valence-corrected chi connectivity index (χ4v) is 3.19. The van der Waals surface area contributed by atoms with E-state index in [9.17, 15) is 8.78 Å². The molecule has 1 heterocycles. The quantitative estimate of drug-likeness (QED) is 0.360. The van der Waals surface area contributed by atoms with Gasteiger partial charge >= 0.3 is 0 Å². The first-order valence-corrected chi connectivity index (χ1v) is 10.4. The molecule has 0 saturated carbocycles. The van der Waals surface area contributed by atoms with Crippen LogP contribution in [0.4, 0.5) is 8.78 Å². The van der Waals surface area contributed by atoms with Gasteiger partial charge in [-0.05, 0) is 37.1 Å². The highest BCUT2D eigenvalue weighted by molar-refractivity contribution is 5.79. The van der Waals surface area contributed by atoms with Gasteiger partial charge in [-0.15, -0.1) is 0 Å².